The summed E-state index contributed by atoms with van der Waals surface area (Å²) in [5.74, 6) is 0.659. The van der Waals surface area contributed by atoms with Crippen molar-refractivity contribution in [2.45, 2.75) is 19.4 Å². The molecule has 3 aromatic carbocycles. The Labute approximate surface area is 228 Å². The molecule has 0 unspecified atom stereocenters. The van der Waals surface area contributed by atoms with E-state index in [1.807, 2.05) is 60.7 Å². The summed E-state index contributed by atoms with van der Waals surface area (Å²) in [4.78, 5) is 17.7. The molecule has 4 N–H and O–H groups in total. The largest absolute Gasteiger partial charge is 0.507 e. The molecule has 0 saturated heterocycles. The number of anilines is 2. The number of aryl methyl sites for hydroxylation is 1. The molecule has 0 bridgehead atoms. The van der Waals surface area contributed by atoms with Gasteiger partial charge in [0.1, 0.15) is 11.6 Å². The highest BCUT2D eigenvalue weighted by molar-refractivity contribution is 9.10. The van der Waals surface area contributed by atoms with Crippen LogP contribution in [0.4, 0.5) is 11.5 Å². The van der Waals surface area contributed by atoms with E-state index in [2.05, 4.69) is 36.6 Å². The Bertz CT molecular complexity index is 1600. The van der Waals surface area contributed by atoms with Crippen molar-refractivity contribution < 1.29 is 15.0 Å². The number of amides is 1. The number of aromatic nitrogens is 3. The minimum atomic E-state index is -0.187. The first-order chi connectivity index (χ1) is 18.5. The maximum absolute atomic E-state index is 13.0. The van der Waals surface area contributed by atoms with Crippen LogP contribution in [0.25, 0.3) is 16.9 Å². The molecule has 1 amide bonds. The number of fused-ring (bicyclic) bond motifs is 1. The zero-order chi connectivity index (χ0) is 26.5. The van der Waals surface area contributed by atoms with Gasteiger partial charge in [-0.15, -0.1) is 0 Å². The topological polar surface area (TPSA) is 112 Å². The van der Waals surface area contributed by atoms with Crippen LogP contribution in [0.3, 0.4) is 0 Å². The van der Waals surface area contributed by atoms with Crippen LogP contribution in [0.2, 0.25) is 0 Å². The SMILES string of the molecule is O=C(Nc1cccc(CNc2cc(-c3ccccc3O)nc3c(Br)cnn23)c1)c1ccccc1CCCO. The highest BCUT2D eigenvalue weighted by Gasteiger charge is 2.14. The van der Waals surface area contributed by atoms with Crippen LogP contribution in [0, 0.1) is 0 Å². The number of rotatable bonds is 9. The van der Waals surface area contributed by atoms with Crippen LogP contribution >= 0.6 is 15.9 Å². The second-order valence-electron chi connectivity index (χ2n) is 8.76. The zero-order valence-electron chi connectivity index (χ0n) is 20.4. The number of phenolic OH excluding ortho intramolecular Hbond substituents is 1. The molecule has 0 aliphatic carbocycles. The summed E-state index contributed by atoms with van der Waals surface area (Å²) >= 11 is 3.50. The van der Waals surface area contributed by atoms with Gasteiger partial charge in [0.05, 0.1) is 16.4 Å². The van der Waals surface area contributed by atoms with Gasteiger partial charge in [-0.1, -0.05) is 42.5 Å². The van der Waals surface area contributed by atoms with Gasteiger partial charge in [0, 0.05) is 36.0 Å². The van der Waals surface area contributed by atoms with Gasteiger partial charge in [-0.25, -0.2) is 4.98 Å². The predicted molar refractivity (Wildman–Crippen MR) is 151 cm³/mol. The number of benzene rings is 3. The number of nitrogens with one attached hydrogen (secondary N) is 2. The van der Waals surface area contributed by atoms with Crippen LogP contribution in [0.15, 0.2) is 89.5 Å². The van der Waals surface area contributed by atoms with E-state index in [0.29, 0.717) is 53.4 Å². The predicted octanol–water partition coefficient (Wildman–Crippen LogP) is 5.65. The summed E-state index contributed by atoms with van der Waals surface area (Å²) in [5, 5.41) is 30.4. The van der Waals surface area contributed by atoms with Crippen molar-refractivity contribution in [3.05, 3.63) is 106 Å². The molecular weight excluding hydrogens is 546 g/mol. The van der Waals surface area contributed by atoms with Gasteiger partial charge >= 0.3 is 0 Å². The summed E-state index contributed by atoms with van der Waals surface area (Å²) < 4.78 is 2.43. The van der Waals surface area contributed by atoms with Crippen molar-refractivity contribution in [2.24, 2.45) is 0 Å². The molecule has 192 valence electrons. The number of aromatic hydroxyl groups is 1. The lowest BCUT2D eigenvalue weighted by Crippen LogP contribution is -2.15. The third kappa shape index (κ3) is 5.53. The van der Waals surface area contributed by atoms with Gasteiger partial charge in [-0.05, 0) is 70.2 Å². The number of para-hydroxylation sites is 1. The van der Waals surface area contributed by atoms with Crippen LogP contribution < -0.4 is 10.6 Å². The fourth-order valence-electron chi connectivity index (χ4n) is 4.27. The quantitative estimate of drug-likeness (QED) is 0.182. The Balaban J connectivity index is 1.36. The van der Waals surface area contributed by atoms with Gasteiger partial charge in [0.15, 0.2) is 5.65 Å². The molecule has 2 heterocycles. The number of carbonyl (C=O) groups is 1. The molecule has 0 saturated carbocycles. The number of aliphatic hydroxyl groups excluding tert-OH is 1. The van der Waals surface area contributed by atoms with Crippen molar-refractivity contribution in [3.8, 4) is 17.0 Å². The summed E-state index contributed by atoms with van der Waals surface area (Å²) in [5.41, 5.74) is 5.00. The molecule has 0 spiro atoms. The molecule has 5 aromatic rings. The van der Waals surface area contributed by atoms with Gasteiger partial charge in [-0.2, -0.15) is 9.61 Å². The van der Waals surface area contributed by atoms with Crippen LogP contribution in [0.5, 0.6) is 5.75 Å². The van der Waals surface area contributed by atoms with Crippen LogP contribution in [-0.2, 0) is 13.0 Å². The Hall–Kier alpha value is -4.21. The second kappa shape index (κ2) is 11.5. The van der Waals surface area contributed by atoms with Crippen molar-refractivity contribution >= 4 is 39.0 Å². The molecule has 0 aliphatic rings. The number of hydrogen-bond donors (Lipinski definition) is 4. The molecule has 38 heavy (non-hydrogen) atoms. The second-order valence-corrected chi connectivity index (χ2v) is 9.62. The normalized spacial score (nSPS) is 11.0. The maximum Gasteiger partial charge on any atom is 0.255 e. The van der Waals surface area contributed by atoms with Crippen molar-refractivity contribution in [1.82, 2.24) is 14.6 Å². The Morgan fingerprint density at radius 1 is 1.00 bits per heavy atom. The summed E-state index contributed by atoms with van der Waals surface area (Å²) in [6.07, 6.45) is 2.92. The van der Waals surface area contributed by atoms with Crippen molar-refractivity contribution in [2.75, 3.05) is 17.2 Å². The molecule has 0 aliphatic heterocycles. The molecule has 8 nitrogen and oxygen atoms in total. The van der Waals surface area contributed by atoms with E-state index in [-0.39, 0.29) is 18.3 Å². The minimum absolute atomic E-state index is 0.0816. The molecule has 0 fully saturated rings. The highest BCUT2D eigenvalue weighted by Crippen LogP contribution is 2.31. The van der Waals surface area contributed by atoms with E-state index in [4.69, 9.17) is 0 Å². The Kier molecular flexibility index (Phi) is 7.67. The van der Waals surface area contributed by atoms with E-state index in [0.717, 1.165) is 15.6 Å². The molecule has 5 rings (SSSR count). The molecule has 0 radical (unpaired) electrons. The lowest BCUT2D eigenvalue weighted by atomic mass is 10.0. The van der Waals surface area contributed by atoms with E-state index in [9.17, 15) is 15.0 Å². The summed E-state index contributed by atoms with van der Waals surface area (Å²) in [6.45, 7) is 0.547. The Morgan fingerprint density at radius 2 is 1.82 bits per heavy atom. The molecule has 2 aromatic heterocycles. The van der Waals surface area contributed by atoms with E-state index >= 15 is 0 Å². The van der Waals surface area contributed by atoms with Crippen LogP contribution in [-0.4, -0.2) is 37.3 Å². The number of aliphatic hydroxyl groups is 1. The number of nitrogens with zero attached hydrogens (tertiary/aromatic N) is 3. The average molecular weight is 572 g/mol. The monoisotopic (exact) mass is 571 g/mol. The third-order valence-corrected chi connectivity index (χ3v) is 6.69. The van der Waals surface area contributed by atoms with E-state index in [1.54, 1.807) is 28.9 Å². The summed E-state index contributed by atoms with van der Waals surface area (Å²) in [6, 6.07) is 24.0. The first kappa shape index (κ1) is 25.4. The summed E-state index contributed by atoms with van der Waals surface area (Å²) in [7, 11) is 0. The number of halogens is 1. The van der Waals surface area contributed by atoms with E-state index < -0.39 is 0 Å². The Morgan fingerprint density at radius 3 is 2.66 bits per heavy atom. The smallest absolute Gasteiger partial charge is 0.255 e. The minimum Gasteiger partial charge on any atom is -0.507 e. The van der Waals surface area contributed by atoms with Crippen molar-refractivity contribution in [1.29, 1.82) is 0 Å². The number of carbonyl (C=O) groups excluding carboxylic acids is 1. The molecule has 9 heteroatoms. The van der Waals surface area contributed by atoms with Gasteiger partial charge in [-0.3, -0.25) is 4.79 Å². The van der Waals surface area contributed by atoms with E-state index in [1.165, 1.54) is 0 Å². The molecular formula is C29H26BrN5O3. The lowest BCUT2D eigenvalue weighted by molar-refractivity contribution is 0.102. The maximum atomic E-state index is 13.0. The number of hydrogen-bond acceptors (Lipinski definition) is 6. The average Bonchev–Trinajstić information content (AvgIpc) is 3.31. The van der Waals surface area contributed by atoms with Crippen LogP contribution in [0.1, 0.15) is 27.9 Å². The lowest BCUT2D eigenvalue weighted by Gasteiger charge is -2.13. The highest BCUT2D eigenvalue weighted by atomic mass is 79.9. The zero-order valence-corrected chi connectivity index (χ0v) is 22.0. The fourth-order valence-corrected chi connectivity index (χ4v) is 4.62. The first-order valence-corrected chi connectivity index (χ1v) is 13.0. The van der Waals surface area contributed by atoms with Crippen molar-refractivity contribution in [3.63, 3.8) is 0 Å². The first-order valence-electron chi connectivity index (χ1n) is 12.2. The standard InChI is InChI=1S/C29H26BrN5O3/c30-24-18-32-35-27(16-25(34-28(24)35)23-12-3-4-13-26(23)37)31-17-19-7-5-10-21(15-19)33-29(38)22-11-2-1-8-20(22)9-6-14-36/h1-5,7-8,10-13,15-16,18,31,36-37H,6,9,14,17H2,(H,33,38). The van der Waals surface area contributed by atoms with Gasteiger partial charge in [0.2, 0.25) is 0 Å². The fraction of sp³-hybridized carbons (Fsp3) is 0.138. The third-order valence-electron chi connectivity index (χ3n) is 6.13. The number of phenols is 1. The van der Waals surface area contributed by atoms with Gasteiger partial charge < -0.3 is 20.8 Å². The van der Waals surface area contributed by atoms with Gasteiger partial charge in [0.25, 0.3) is 5.91 Å². The molecule has 0 atom stereocenters.